The first-order valence-corrected chi connectivity index (χ1v) is 7.97. The molecule has 2 amide bonds. The molecule has 1 atom stereocenters. The lowest BCUT2D eigenvalue weighted by Gasteiger charge is -2.31. The van der Waals surface area contributed by atoms with E-state index in [0.717, 1.165) is 12.8 Å². The summed E-state index contributed by atoms with van der Waals surface area (Å²) in [6.45, 7) is 4.51. The lowest BCUT2D eigenvalue weighted by atomic mass is 9.97. The van der Waals surface area contributed by atoms with E-state index in [2.05, 4.69) is 11.9 Å². The Morgan fingerprint density at radius 1 is 1.39 bits per heavy atom. The molecule has 0 saturated carbocycles. The van der Waals surface area contributed by atoms with Gasteiger partial charge in [0.05, 0.1) is 23.1 Å². The fraction of sp³-hybridized carbons (Fsp3) is 0.375. The number of halogens is 2. The zero-order chi connectivity index (χ0) is 17.0. The second-order valence-corrected chi connectivity index (χ2v) is 6.10. The van der Waals surface area contributed by atoms with Crippen LogP contribution in [0, 0.1) is 5.92 Å². The van der Waals surface area contributed by atoms with E-state index in [-0.39, 0.29) is 17.7 Å². The Bertz CT molecular complexity index is 611. The number of nitrogens with one attached hydrogen (secondary N) is 1. The van der Waals surface area contributed by atoms with Gasteiger partial charge >= 0.3 is 0 Å². The number of anilines is 1. The number of ether oxygens (including phenoxy) is 1. The van der Waals surface area contributed by atoms with Crippen LogP contribution in [0.2, 0.25) is 10.0 Å². The maximum atomic E-state index is 12.4. The number of likely N-dealkylation sites (tertiary alicyclic amines) is 1. The van der Waals surface area contributed by atoms with Gasteiger partial charge in [-0.1, -0.05) is 29.8 Å². The molecule has 0 radical (unpaired) electrons. The number of methoxy groups -OCH3 is 1. The van der Waals surface area contributed by atoms with Gasteiger partial charge in [-0.15, -0.1) is 0 Å². The zero-order valence-electron chi connectivity index (χ0n) is 12.8. The SMILES string of the molecule is C=CC(=O)N1CCCC(C(=O)Nc2cc(Cl)c(OC)c(Cl)c2)C1. The molecule has 1 fully saturated rings. The molecule has 1 heterocycles. The third kappa shape index (κ3) is 4.18. The van der Waals surface area contributed by atoms with E-state index in [1.54, 1.807) is 17.0 Å². The molecule has 7 heteroatoms. The molecule has 1 aliphatic heterocycles. The van der Waals surface area contributed by atoms with Crippen LogP contribution in [-0.2, 0) is 9.59 Å². The first-order chi connectivity index (χ1) is 11.0. The van der Waals surface area contributed by atoms with Crippen LogP contribution in [0.15, 0.2) is 24.8 Å². The van der Waals surface area contributed by atoms with Crippen LogP contribution in [0.3, 0.4) is 0 Å². The average molecular weight is 357 g/mol. The third-order valence-electron chi connectivity index (χ3n) is 3.75. The number of piperidine rings is 1. The Morgan fingerprint density at radius 2 is 2.04 bits per heavy atom. The van der Waals surface area contributed by atoms with E-state index in [9.17, 15) is 9.59 Å². The van der Waals surface area contributed by atoms with Crippen LogP contribution in [0.5, 0.6) is 5.75 Å². The molecule has 1 aliphatic rings. The van der Waals surface area contributed by atoms with Gasteiger partial charge < -0.3 is 15.0 Å². The summed E-state index contributed by atoms with van der Waals surface area (Å²) in [6.07, 6.45) is 2.77. The van der Waals surface area contributed by atoms with Gasteiger partial charge in [0.2, 0.25) is 11.8 Å². The molecule has 1 aromatic rings. The number of hydrogen-bond donors (Lipinski definition) is 1. The highest BCUT2D eigenvalue weighted by Crippen LogP contribution is 2.35. The summed E-state index contributed by atoms with van der Waals surface area (Å²) < 4.78 is 5.07. The fourth-order valence-corrected chi connectivity index (χ4v) is 3.23. The number of nitrogens with zero attached hydrogens (tertiary/aromatic N) is 1. The van der Waals surface area contributed by atoms with Crippen molar-refractivity contribution < 1.29 is 14.3 Å². The van der Waals surface area contributed by atoms with Crippen molar-refractivity contribution in [2.24, 2.45) is 5.92 Å². The van der Waals surface area contributed by atoms with Gasteiger partial charge in [0.1, 0.15) is 0 Å². The number of hydrogen-bond acceptors (Lipinski definition) is 3. The third-order valence-corrected chi connectivity index (χ3v) is 4.31. The van der Waals surface area contributed by atoms with E-state index < -0.39 is 0 Å². The fourth-order valence-electron chi connectivity index (χ4n) is 2.59. The number of benzene rings is 1. The van der Waals surface area contributed by atoms with E-state index in [1.807, 2.05) is 0 Å². The Labute approximate surface area is 145 Å². The number of amides is 2. The summed E-state index contributed by atoms with van der Waals surface area (Å²) in [5.41, 5.74) is 0.498. The number of rotatable bonds is 4. The predicted octanol–water partition coefficient (Wildman–Crippen LogP) is 3.37. The molecule has 0 aliphatic carbocycles. The summed E-state index contributed by atoms with van der Waals surface area (Å²) in [4.78, 5) is 25.7. The van der Waals surface area contributed by atoms with Crippen molar-refractivity contribution in [1.82, 2.24) is 4.90 Å². The minimum Gasteiger partial charge on any atom is -0.494 e. The Kier molecular flexibility index (Phi) is 5.91. The molecule has 124 valence electrons. The van der Waals surface area contributed by atoms with Crippen molar-refractivity contribution in [2.45, 2.75) is 12.8 Å². The number of carbonyl (C=O) groups excluding carboxylic acids is 2. The van der Waals surface area contributed by atoms with Crippen LogP contribution in [0.4, 0.5) is 5.69 Å². The molecule has 2 rings (SSSR count). The van der Waals surface area contributed by atoms with E-state index >= 15 is 0 Å². The van der Waals surface area contributed by atoms with Crippen molar-refractivity contribution in [1.29, 1.82) is 0 Å². The smallest absolute Gasteiger partial charge is 0.245 e. The first kappa shape index (κ1) is 17.6. The molecule has 1 aromatic carbocycles. The summed E-state index contributed by atoms with van der Waals surface area (Å²) in [5.74, 6) is -0.221. The Hall–Kier alpha value is -1.72. The van der Waals surface area contributed by atoms with Crippen LogP contribution in [0.25, 0.3) is 0 Å². The molecule has 0 spiro atoms. The summed E-state index contributed by atoms with van der Waals surface area (Å²) in [6, 6.07) is 3.17. The molecule has 0 bridgehead atoms. The molecule has 23 heavy (non-hydrogen) atoms. The largest absolute Gasteiger partial charge is 0.494 e. The molecule has 1 unspecified atom stereocenters. The van der Waals surface area contributed by atoms with Crippen LogP contribution in [-0.4, -0.2) is 36.9 Å². The summed E-state index contributed by atoms with van der Waals surface area (Å²) >= 11 is 12.1. The van der Waals surface area contributed by atoms with Gasteiger partial charge in [-0.05, 0) is 31.1 Å². The summed E-state index contributed by atoms with van der Waals surface area (Å²) in [5, 5.41) is 3.44. The van der Waals surface area contributed by atoms with Gasteiger partial charge in [-0.25, -0.2) is 0 Å². The minimum absolute atomic E-state index is 0.155. The van der Waals surface area contributed by atoms with E-state index in [0.29, 0.717) is 34.6 Å². The minimum atomic E-state index is -0.271. The van der Waals surface area contributed by atoms with Gasteiger partial charge in [0, 0.05) is 18.8 Å². The maximum Gasteiger partial charge on any atom is 0.245 e. The van der Waals surface area contributed by atoms with Gasteiger partial charge in [-0.2, -0.15) is 0 Å². The highest BCUT2D eigenvalue weighted by Gasteiger charge is 2.27. The lowest BCUT2D eigenvalue weighted by molar-refractivity contribution is -0.130. The molecule has 1 saturated heterocycles. The second kappa shape index (κ2) is 7.70. The summed E-state index contributed by atoms with van der Waals surface area (Å²) in [7, 11) is 1.47. The Balaban J connectivity index is 2.07. The van der Waals surface area contributed by atoms with Crippen molar-refractivity contribution >= 4 is 40.7 Å². The van der Waals surface area contributed by atoms with E-state index in [4.69, 9.17) is 27.9 Å². The molecular formula is C16H18Cl2N2O3. The van der Waals surface area contributed by atoms with Crippen molar-refractivity contribution in [3.63, 3.8) is 0 Å². The zero-order valence-corrected chi connectivity index (χ0v) is 14.3. The standard InChI is InChI=1S/C16H18Cl2N2O3/c1-3-14(21)20-6-4-5-10(9-20)16(22)19-11-7-12(17)15(23-2)13(18)8-11/h3,7-8,10H,1,4-6,9H2,2H3,(H,19,22). The average Bonchev–Trinajstić information content (AvgIpc) is 2.54. The second-order valence-electron chi connectivity index (χ2n) is 5.29. The normalized spacial score (nSPS) is 17.5. The highest BCUT2D eigenvalue weighted by molar-refractivity contribution is 6.37. The lowest BCUT2D eigenvalue weighted by Crippen LogP contribution is -2.43. The van der Waals surface area contributed by atoms with Gasteiger partial charge in [0.15, 0.2) is 5.75 Å². The molecule has 1 N–H and O–H groups in total. The van der Waals surface area contributed by atoms with Crippen LogP contribution >= 0.6 is 23.2 Å². The van der Waals surface area contributed by atoms with Crippen molar-refractivity contribution in [2.75, 3.05) is 25.5 Å². The van der Waals surface area contributed by atoms with Crippen molar-refractivity contribution in [3.05, 3.63) is 34.8 Å². The van der Waals surface area contributed by atoms with Gasteiger partial charge in [-0.3, -0.25) is 9.59 Å². The maximum absolute atomic E-state index is 12.4. The topological polar surface area (TPSA) is 58.6 Å². The molecule has 5 nitrogen and oxygen atoms in total. The van der Waals surface area contributed by atoms with Crippen LogP contribution < -0.4 is 10.1 Å². The quantitative estimate of drug-likeness (QED) is 0.841. The molecular weight excluding hydrogens is 339 g/mol. The highest BCUT2D eigenvalue weighted by atomic mass is 35.5. The number of carbonyl (C=O) groups is 2. The van der Waals surface area contributed by atoms with Gasteiger partial charge in [0.25, 0.3) is 0 Å². The monoisotopic (exact) mass is 356 g/mol. The van der Waals surface area contributed by atoms with Crippen LogP contribution in [0.1, 0.15) is 12.8 Å². The Morgan fingerprint density at radius 3 is 2.61 bits per heavy atom. The predicted molar refractivity (Wildman–Crippen MR) is 91.1 cm³/mol. The van der Waals surface area contributed by atoms with E-state index in [1.165, 1.54) is 13.2 Å². The molecule has 0 aromatic heterocycles. The van der Waals surface area contributed by atoms with Crippen molar-refractivity contribution in [3.8, 4) is 5.75 Å². The first-order valence-electron chi connectivity index (χ1n) is 7.21.